The largest absolute Gasteiger partial charge is 0.465 e. The quantitative estimate of drug-likeness (QED) is 0.561. The van der Waals surface area contributed by atoms with Crippen LogP contribution in [0.1, 0.15) is 25.7 Å². The van der Waals surface area contributed by atoms with Crippen LogP contribution in [0.5, 0.6) is 0 Å². The lowest BCUT2D eigenvalue weighted by atomic mass is 10.1. The Hall–Kier alpha value is -3.24. The van der Waals surface area contributed by atoms with Gasteiger partial charge in [-0.15, -0.1) is 11.3 Å². The minimum absolute atomic E-state index is 0.0597. The summed E-state index contributed by atoms with van der Waals surface area (Å²) < 4.78 is 31.7. The van der Waals surface area contributed by atoms with Gasteiger partial charge in [0.1, 0.15) is 5.01 Å². The number of carbonyl (C=O) groups is 2. The lowest BCUT2D eigenvalue weighted by Gasteiger charge is -2.21. The first-order chi connectivity index (χ1) is 14.3. The fourth-order valence-electron chi connectivity index (χ4n) is 2.65. The van der Waals surface area contributed by atoms with Crippen LogP contribution < -0.4 is 9.62 Å². The molecule has 0 aliphatic carbocycles. The molecular formula is C20H19N3O5S2. The molecule has 0 saturated heterocycles. The summed E-state index contributed by atoms with van der Waals surface area (Å²) >= 11 is 1.39. The number of nitrogens with one attached hydrogen (secondary N) is 1. The monoisotopic (exact) mass is 445 g/mol. The van der Waals surface area contributed by atoms with E-state index < -0.39 is 21.9 Å². The molecule has 3 aromatic rings. The van der Waals surface area contributed by atoms with Crippen molar-refractivity contribution in [3.8, 4) is 0 Å². The summed E-state index contributed by atoms with van der Waals surface area (Å²) in [6.45, 7) is 0.215. The zero-order chi connectivity index (χ0) is 21.7. The predicted molar refractivity (Wildman–Crippen MR) is 113 cm³/mol. The van der Waals surface area contributed by atoms with Gasteiger partial charge < -0.3 is 10.1 Å². The Bertz CT molecular complexity index is 1150. The summed E-state index contributed by atoms with van der Waals surface area (Å²) in [6, 6.07) is 12.0. The highest BCUT2D eigenvalue weighted by Crippen LogP contribution is 2.25. The number of hydrogen-bond donors (Lipinski definition) is 1. The molecule has 0 aliphatic rings. The van der Waals surface area contributed by atoms with Gasteiger partial charge in [0.15, 0.2) is 0 Å². The van der Waals surface area contributed by atoms with Gasteiger partial charge in [-0.2, -0.15) is 0 Å². The van der Waals surface area contributed by atoms with Crippen LogP contribution >= 0.6 is 11.3 Å². The minimum Gasteiger partial charge on any atom is -0.465 e. The summed E-state index contributed by atoms with van der Waals surface area (Å²) in [4.78, 5) is 28.9. The van der Waals surface area contributed by atoms with Gasteiger partial charge >= 0.3 is 5.97 Å². The van der Waals surface area contributed by atoms with E-state index in [-0.39, 0.29) is 28.3 Å². The summed E-state index contributed by atoms with van der Waals surface area (Å²) in [5.74, 6) is -1.15. The Kier molecular flexibility index (Phi) is 6.48. The number of methoxy groups -OCH3 is 1. The Morgan fingerprint density at radius 2 is 1.83 bits per heavy atom. The first kappa shape index (κ1) is 21.5. The van der Waals surface area contributed by atoms with E-state index in [4.69, 9.17) is 4.74 Å². The molecule has 8 nitrogen and oxygen atoms in total. The molecule has 0 aliphatic heterocycles. The molecule has 30 heavy (non-hydrogen) atoms. The molecule has 1 heterocycles. The van der Waals surface area contributed by atoms with Crippen molar-refractivity contribution in [1.82, 2.24) is 10.3 Å². The number of sulfonamides is 1. The normalized spacial score (nSPS) is 11.0. The maximum atomic E-state index is 12.9. The number of rotatable bonds is 7. The van der Waals surface area contributed by atoms with Crippen LogP contribution in [0.4, 0.5) is 5.69 Å². The van der Waals surface area contributed by atoms with E-state index in [0.29, 0.717) is 0 Å². The maximum Gasteiger partial charge on any atom is 0.337 e. The molecule has 0 bridgehead atoms. The fraction of sp³-hybridized carbons (Fsp3) is 0.150. The minimum atomic E-state index is -3.89. The topological polar surface area (TPSA) is 106 Å². The molecule has 0 fully saturated rings. The molecule has 0 radical (unpaired) electrons. The van der Waals surface area contributed by atoms with Gasteiger partial charge in [0.05, 0.1) is 29.8 Å². The van der Waals surface area contributed by atoms with E-state index in [1.807, 2.05) is 0 Å². The molecule has 1 amide bonds. The van der Waals surface area contributed by atoms with Crippen LogP contribution in [0.3, 0.4) is 0 Å². The summed E-state index contributed by atoms with van der Waals surface area (Å²) in [7, 11) is -1.32. The van der Waals surface area contributed by atoms with Crippen LogP contribution in [0.15, 0.2) is 65.0 Å². The van der Waals surface area contributed by atoms with Gasteiger partial charge in [0.2, 0.25) is 0 Å². The maximum absolute atomic E-state index is 12.9. The standard InChI is InChI=1S/C20H19N3O5S2/c1-23(30(26,27)17-6-4-3-5-7-17)16-11-14(10-15(12-16)20(25)28-2)19(24)22-13-18-21-8-9-29-18/h3-12H,13H2,1-2H3,(H,22,24). The number of aromatic nitrogens is 1. The molecule has 1 aromatic heterocycles. The van der Waals surface area contributed by atoms with Gasteiger partial charge in [0.25, 0.3) is 15.9 Å². The van der Waals surface area contributed by atoms with E-state index in [1.165, 1.54) is 55.8 Å². The average molecular weight is 446 g/mol. The van der Waals surface area contributed by atoms with Gasteiger partial charge in [-0.1, -0.05) is 18.2 Å². The third-order valence-electron chi connectivity index (χ3n) is 4.25. The van der Waals surface area contributed by atoms with E-state index in [2.05, 4.69) is 10.3 Å². The average Bonchev–Trinajstić information content (AvgIpc) is 3.30. The third kappa shape index (κ3) is 4.66. The fourth-order valence-corrected chi connectivity index (χ4v) is 4.40. The van der Waals surface area contributed by atoms with Crippen LogP contribution in [0.2, 0.25) is 0 Å². The number of esters is 1. The third-order valence-corrected chi connectivity index (χ3v) is 6.83. The number of benzene rings is 2. The smallest absolute Gasteiger partial charge is 0.337 e. The highest BCUT2D eigenvalue weighted by atomic mass is 32.2. The molecule has 3 rings (SSSR count). The van der Waals surface area contributed by atoms with Crippen molar-refractivity contribution < 1.29 is 22.7 Å². The number of hydrogen-bond acceptors (Lipinski definition) is 7. The number of amides is 1. The molecular weight excluding hydrogens is 426 g/mol. The zero-order valence-corrected chi connectivity index (χ0v) is 17.9. The van der Waals surface area contributed by atoms with Crippen LogP contribution in [0.25, 0.3) is 0 Å². The van der Waals surface area contributed by atoms with Gasteiger partial charge in [-0.3, -0.25) is 9.10 Å². The van der Waals surface area contributed by atoms with Crippen molar-refractivity contribution in [3.05, 3.63) is 76.2 Å². The van der Waals surface area contributed by atoms with E-state index >= 15 is 0 Å². The van der Waals surface area contributed by atoms with Crippen molar-refractivity contribution in [3.63, 3.8) is 0 Å². The Morgan fingerprint density at radius 1 is 1.13 bits per heavy atom. The lowest BCUT2D eigenvalue weighted by Crippen LogP contribution is -2.28. The molecule has 10 heteroatoms. The molecule has 156 valence electrons. The predicted octanol–water partition coefficient (Wildman–Crippen LogP) is 2.68. The number of nitrogens with zero attached hydrogens (tertiary/aromatic N) is 2. The highest BCUT2D eigenvalue weighted by Gasteiger charge is 2.23. The zero-order valence-electron chi connectivity index (χ0n) is 16.2. The Morgan fingerprint density at radius 3 is 2.47 bits per heavy atom. The van der Waals surface area contributed by atoms with E-state index in [1.54, 1.807) is 29.8 Å². The Balaban J connectivity index is 1.96. The van der Waals surface area contributed by atoms with Crippen LogP contribution in [-0.4, -0.2) is 39.4 Å². The van der Waals surface area contributed by atoms with Crippen molar-refractivity contribution >= 4 is 38.9 Å². The number of carbonyl (C=O) groups excluding carboxylic acids is 2. The molecule has 0 unspecified atom stereocenters. The van der Waals surface area contributed by atoms with Gasteiger partial charge in [0, 0.05) is 24.2 Å². The van der Waals surface area contributed by atoms with Crippen molar-refractivity contribution in [2.24, 2.45) is 0 Å². The van der Waals surface area contributed by atoms with Crippen LogP contribution in [0, 0.1) is 0 Å². The van der Waals surface area contributed by atoms with Gasteiger partial charge in [-0.25, -0.2) is 18.2 Å². The lowest BCUT2D eigenvalue weighted by molar-refractivity contribution is 0.0600. The van der Waals surface area contributed by atoms with E-state index in [9.17, 15) is 18.0 Å². The first-order valence-corrected chi connectivity index (χ1v) is 11.1. The summed E-state index contributed by atoms with van der Waals surface area (Å²) in [5.41, 5.74) is 0.338. The van der Waals surface area contributed by atoms with E-state index in [0.717, 1.165) is 9.31 Å². The summed E-state index contributed by atoms with van der Waals surface area (Å²) in [6.07, 6.45) is 1.63. The molecule has 0 spiro atoms. The SMILES string of the molecule is COC(=O)c1cc(C(=O)NCc2nccs2)cc(N(C)S(=O)(=O)c2ccccc2)c1. The Labute approximate surface area is 178 Å². The number of thiazole rings is 1. The second-order valence-electron chi connectivity index (χ2n) is 6.15. The highest BCUT2D eigenvalue weighted by molar-refractivity contribution is 7.92. The second kappa shape index (κ2) is 9.06. The van der Waals surface area contributed by atoms with Gasteiger partial charge in [-0.05, 0) is 30.3 Å². The van der Waals surface area contributed by atoms with Crippen molar-refractivity contribution in [2.75, 3.05) is 18.5 Å². The molecule has 0 atom stereocenters. The van der Waals surface area contributed by atoms with Crippen molar-refractivity contribution in [2.45, 2.75) is 11.4 Å². The number of ether oxygens (including phenoxy) is 1. The van der Waals surface area contributed by atoms with Crippen molar-refractivity contribution in [1.29, 1.82) is 0 Å². The first-order valence-electron chi connectivity index (χ1n) is 8.77. The molecule has 2 aromatic carbocycles. The second-order valence-corrected chi connectivity index (χ2v) is 9.10. The number of anilines is 1. The van der Waals surface area contributed by atoms with Crippen LogP contribution in [-0.2, 0) is 21.3 Å². The molecule has 0 saturated carbocycles. The molecule has 1 N–H and O–H groups in total. The summed E-state index contributed by atoms with van der Waals surface area (Å²) in [5, 5.41) is 5.22.